The van der Waals surface area contributed by atoms with E-state index in [1.54, 1.807) is 22.8 Å². The summed E-state index contributed by atoms with van der Waals surface area (Å²) in [4.78, 5) is 4.51. The number of fused-ring (bicyclic) bond motifs is 1. The van der Waals surface area contributed by atoms with Gasteiger partial charge in [-0.3, -0.25) is 0 Å². The Bertz CT molecular complexity index is 1100. The summed E-state index contributed by atoms with van der Waals surface area (Å²) in [5, 5.41) is 16.7. The normalized spacial score (nSPS) is 19.7. The molecule has 1 aliphatic carbocycles. The zero-order valence-electron chi connectivity index (χ0n) is 16.7. The standard InChI is InChI=1S/C20H27N7O2S/c21-15-3-5-16(6-4-15)25-19-13-18(20-24-11-12-27(20)26-19)23-10-9-14-1-7-17(8-2-14)30(22,28)29/h1-2,7-8,11-13,15-16,23H,3-6,9-10,21H2,(H,25,26)(H2,22,28,29). The summed E-state index contributed by atoms with van der Waals surface area (Å²) in [7, 11) is -3.67. The number of sulfonamides is 1. The fourth-order valence-corrected chi connectivity index (χ4v) is 4.29. The second-order valence-corrected chi connectivity index (χ2v) is 9.32. The second kappa shape index (κ2) is 8.58. The van der Waals surface area contributed by atoms with Gasteiger partial charge in [0.1, 0.15) is 5.82 Å². The maximum atomic E-state index is 11.4. The molecule has 30 heavy (non-hydrogen) atoms. The molecule has 0 unspecified atom stereocenters. The number of rotatable bonds is 7. The number of nitrogens with one attached hydrogen (secondary N) is 2. The summed E-state index contributed by atoms with van der Waals surface area (Å²) in [5.74, 6) is 0.806. The van der Waals surface area contributed by atoms with Crippen molar-refractivity contribution in [3.8, 4) is 0 Å². The molecule has 1 aromatic carbocycles. The van der Waals surface area contributed by atoms with Crippen molar-refractivity contribution in [3.05, 3.63) is 48.3 Å². The fourth-order valence-electron chi connectivity index (χ4n) is 3.78. The SMILES string of the molecule is NC1CCC(Nc2cc(NCCc3ccc(S(N)(=O)=O)cc3)c3nccn3n2)CC1. The quantitative estimate of drug-likeness (QED) is 0.448. The monoisotopic (exact) mass is 429 g/mol. The molecular weight excluding hydrogens is 402 g/mol. The van der Waals surface area contributed by atoms with E-state index in [0.29, 0.717) is 18.6 Å². The van der Waals surface area contributed by atoms with Crippen LogP contribution < -0.4 is 21.5 Å². The van der Waals surface area contributed by atoms with Crippen molar-refractivity contribution in [1.29, 1.82) is 0 Å². The van der Waals surface area contributed by atoms with Crippen molar-refractivity contribution in [1.82, 2.24) is 14.6 Å². The molecule has 0 spiro atoms. The molecule has 0 atom stereocenters. The number of primary sulfonamides is 1. The Hall–Kier alpha value is -2.69. The highest BCUT2D eigenvalue weighted by Gasteiger charge is 2.19. The summed E-state index contributed by atoms with van der Waals surface area (Å²) >= 11 is 0. The highest BCUT2D eigenvalue weighted by atomic mass is 32.2. The number of nitrogens with zero attached hydrogens (tertiary/aromatic N) is 3. The fraction of sp³-hybridized carbons (Fsp3) is 0.400. The van der Waals surface area contributed by atoms with Crippen molar-refractivity contribution in [2.24, 2.45) is 10.9 Å². The first-order valence-electron chi connectivity index (χ1n) is 10.1. The molecule has 0 aliphatic heterocycles. The first-order chi connectivity index (χ1) is 14.4. The lowest BCUT2D eigenvalue weighted by molar-refractivity contribution is 0.410. The smallest absolute Gasteiger partial charge is 0.238 e. The lowest BCUT2D eigenvalue weighted by Gasteiger charge is -2.27. The molecule has 0 bridgehead atoms. The number of hydrogen-bond acceptors (Lipinski definition) is 7. The average molecular weight is 430 g/mol. The first kappa shape index (κ1) is 20.6. The number of benzene rings is 1. The third kappa shape index (κ3) is 4.89. The minimum absolute atomic E-state index is 0.117. The lowest BCUT2D eigenvalue weighted by atomic mass is 9.92. The number of imidazole rings is 1. The molecule has 0 saturated heterocycles. The summed E-state index contributed by atoms with van der Waals surface area (Å²) in [6.07, 6.45) is 8.42. The van der Waals surface area contributed by atoms with Crippen LogP contribution in [0.1, 0.15) is 31.2 Å². The Balaban J connectivity index is 1.42. The topological polar surface area (TPSA) is 140 Å². The van der Waals surface area contributed by atoms with Gasteiger partial charge in [0.15, 0.2) is 5.65 Å². The van der Waals surface area contributed by atoms with E-state index in [0.717, 1.165) is 54.8 Å². The molecule has 0 amide bonds. The van der Waals surface area contributed by atoms with Gasteiger partial charge in [-0.15, -0.1) is 5.10 Å². The third-order valence-corrected chi connectivity index (χ3v) is 6.39. The van der Waals surface area contributed by atoms with Crippen molar-refractivity contribution in [2.75, 3.05) is 17.2 Å². The van der Waals surface area contributed by atoms with Gasteiger partial charge in [-0.25, -0.2) is 23.1 Å². The highest BCUT2D eigenvalue weighted by molar-refractivity contribution is 7.89. The Kier molecular flexibility index (Phi) is 5.89. The van der Waals surface area contributed by atoms with Crippen molar-refractivity contribution >= 4 is 27.2 Å². The molecule has 10 heteroatoms. The summed E-state index contributed by atoms with van der Waals surface area (Å²) < 4.78 is 24.5. The molecule has 3 aromatic rings. The summed E-state index contributed by atoms with van der Waals surface area (Å²) in [6.45, 7) is 0.666. The lowest BCUT2D eigenvalue weighted by Crippen LogP contribution is -2.33. The molecule has 0 radical (unpaired) electrons. The largest absolute Gasteiger partial charge is 0.382 e. The van der Waals surface area contributed by atoms with Crippen LogP contribution in [0.3, 0.4) is 0 Å². The first-order valence-corrected chi connectivity index (χ1v) is 11.7. The Morgan fingerprint density at radius 1 is 1.13 bits per heavy atom. The van der Waals surface area contributed by atoms with Crippen molar-refractivity contribution in [2.45, 2.75) is 49.1 Å². The number of hydrogen-bond donors (Lipinski definition) is 4. The van der Waals surface area contributed by atoms with Crippen LogP contribution in [0.2, 0.25) is 0 Å². The summed E-state index contributed by atoms with van der Waals surface area (Å²) in [5.41, 5.74) is 8.67. The molecule has 6 N–H and O–H groups in total. The molecule has 160 valence electrons. The molecule has 1 saturated carbocycles. The van der Waals surface area contributed by atoms with Crippen LogP contribution in [0.4, 0.5) is 11.5 Å². The van der Waals surface area contributed by atoms with Gasteiger partial charge < -0.3 is 16.4 Å². The van der Waals surface area contributed by atoms with E-state index < -0.39 is 10.0 Å². The number of anilines is 2. The predicted octanol–water partition coefficient (Wildman–Crippen LogP) is 1.71. The van der Waals surface area contributed by atoms with E-state index in [9.17, 15) is 8.42 Å². The van der Waals surface area contributed by atoms with E-state index in [1.165, 1.54) is 12.1 Å². The van der Waals surface area contributed by atoms with Gasteiger partial charge >= 0.3 is 0 Å². The number of aromatic nitrogens is 3. The molecule has 2 heterocycles. The van der Waals surface area contributed by atoms with Crippen LogP contribution in [-0.4, -0.2) is 41.6 Å². The van der Waals surface area contributed by atoms with Crippen LogP contribution in [-0.2, 0) is 16.4 Å². The van der Waals surface area contributed by atoms with Gasteiger partial charge in [0.2, 0.25) is 10.0 Å². The van der Waals surface area contributed by atoms with Gasteiger partial charge in [0.25, 0.3) is 0 Å². The van der Waals surface area contributed by atoms with Gasteiger partial charge in [-0.05, 0) is 49.8 Å². The average Bonchev–Trinajstić information content (AvgIpc) is 3.18. The minimum Gasteiger partial charge on any atom is -0.382 e. The van der Waals surface area contributed by atoms with E-state index >= 15 is 0 Å². The van der Waals surface area contributed by atoms with Crippen LogP contribution in [0.15, 0.2) is 47.6 Å². The predicted molar refractivity (Wildman–Crippen MR) is 117 cm³/mol. The van der Waals surface area contributed by atoms with Crippen LogP contribution in [0.25, 0.3) is 5.65 Å². The van der Waals surface area contributed by atoms with E-state index in [2.05, 4.69) is 20.7 Å². The second-order valence-electron chi connectivity index (χ2n) is 7.76. The molecule has 4 rings (SSSR count). The molecule has 9 nitrogen and oxygen atoms in total. The van der Waals surface area contributed by atoms with Crippen LogP contribution in [0, 0.1) is 0 Å². The molecule has 1 aliphatic rings. The van der Waals surface area contributed by atoms with Crippen molar-refractivity contribution < 1.29 is 8.42 Å². The van der Waals surface area contributed by atoms with E-state index in [4.69, 9.17) is 10.9 Å². The van der Waals surface area contributed by atoms with Crippen molar-refractivity contribution in [3.63, 3.8) is 0 Å². The van der Waals surface area contributed by atoms with E-state index in [-0.39, 0.29) is 4.90 Å². The highest BCUT2D eigenvalue weighted by Crippen LogP contribution is 2.23. The zero-order chi connectivity index (χ0) is 21.1. The van der Waals surface area contributed by atoms with Crippen LogP contribution >= 0.6 is 0 Å². The van der Waals surface area contributed by atoms with Gasteiger partial charge in [-0.1, -0.05) is 12.1 Å². The summed E-state index contributed by atoms with van der Waals surface area (Å²) in [6, 6.07) is 9.29. The van der Waals surface area contributed by atoms with Gasteiger partial charge in [0, 0.05) is 37.1 Å². The molecule has 2 aromatic heterocycles. The van der Waals surface area contributed by atoms with Gasteiger partial charge in [-0.2, -0.15) is 0 Å². The molecular formula is C20H27N7O2S. The zero-order valence-corrected chi connectivity index (χ0v) is 17.5. The Morgan fingerprint density at radius 3 is 2.57 bits per heavy atom. The van der Waals surface area contributed by atoms with Gasteiger partial charge in [0.05, 0.1) is 10.6 Å². The third-order valence-electron chi connectivity index (χ3n) is 5.46. The minimum atomic E-state index is -3.67. The Labute approximate surface area is 175 Å². The van der Waals surface area contributed by atoms with Crippen LogP contribution in [0.5, 0.6) is 0 Å². The Morgan fingerprint density at radius 2 is 1.87 bits per heavy atom. The molecule has 1 fully saturated rings. The maximum Gasteiger partial charge on any atom is 0.238 e. The number of nitrogens with two attached hydrogens (primary N) is 2. The van der Waals surface area contributed by atoms with E-state index in [1.807, 2.05) is 12.3 Å². The maximum absolute atomic E-state index is 11.4.